The first-order chi connectivity index (χ1) is 8.85. The van der Waals surface area contributed by atoms with Gasteiger partial charge in [0.25, 0.3) is 0 Å². The lowest BCUT2D eigenvalue weighted by atomic mass is 9.81. The summed E-state index contributed by atoms with van der Waals surface area (Å²) in [6.45, 7) is 0. The van der Waals surface area contributed by atoms with Crippen molar-refractivity contribution >= 4 is 11.6 Å². The molecule has 1 aromatic rings. The summed E-state index contributed by atoms with van der Waals surface area (Å²) in [6.07, 6.45) is 8.54. The Morgan fingerprint density at radius 1 is 1.11 bits per heavy atom. The molecule has 4 unspecified atom stereocenters. The molecule has 0 nitrogen and oxygen atoms in total. The van der Waals surface area contributed by atoms with Crippen molar-refractivity contribution in [3.05, 3.63) is 35.9 Å². The zero-order valence-electron chi connectivity index (χ0n) is 11.0. The number of halogens is 1. The van der Waals surface area contributed by atoms with Gasteiger partial charge < -0.3 is 0 Å². The van der Waals surface area contributed by atoms with Crippen molar-refractivity contribution in [1.29, 1.82) is 0 Å². The third kappa shape index (κ3) is 2.74. The topological polar surface area (TPSA) is 0 Å². The first-order valence-corrected chi connectivity index (χ1v) is 7.98. The summed E-state index contributed by atoms with van der Waals surface area (Å²) in [5.41, 5.74) is 1.45. The second kappa shape index (κ2) is 5.65. The van der Waals surface area contributed by atoms with E-state index in [1.54, 1.807) is 0 Å². The van der Waals surface area contributed by atoms with Crippen LogP contribution in [0.15, 0.2) is 30.3 Å². The normalized spacial score (nSPS) is 31.7. The maximum atomic E-state index is 6.20. The largest absolute Gasteiger partial charge is 0.126 e. The van der Waals surface area contributed by atoms with Crippen LogP contribution in [0.4, 0.5) is 0 Å². The highest BCUT2D eigenvalue weighted by atomic mass is 35.5. The van der Waals surface area contributed by atoms with E-state index in [1.807, 2.05) is 0 Å². The molecular formula is C17H23Cl. The highest BCUT2D eigenvalue weighted by molar-refractivity contribution is 6.18. The molecule has 0 saturated heterocycles. The molecule has 18 heavy (non-hydrogen) atoms. The van der Waals surface area contributed by atoms with Crippen molar-refractivity contribution < 1.29 is 0 Å². The molecule has 2 saturated carbocycles. The molecule has 2 aliphatic carbocycles. The van der Waals surface area contributed by atoms with E-state index in [9.17, 15) is 0 Å². The van der Waals surface area contributed by atoms with E-state index >= 15 is 0 Å². The maximum Gasteiger partial charge on any atom is 0.0255 e. The van der Waals surface area contributed by atoms with Gasteiger partial charge in [-0.3, -0.25) is 0 Å². The van der Waals surface area contributed by atoms with Gasteiger partial charge in [-0.2, -0.15) is 0 Å². The number of fused-ring (bicyclic) bond motifs is 2. The Morgan fingerprint density at radius 2 is 1.94 bits per heavy atom. The summed E-state index contributed by atoms with van der Waals surface area (Å²) in [5.74, 6) is 4.58. The highest BCUT2D eigenvalue weighted by Gasteiger charge is 2.39. The second-order valence-electron chi connectivity index (χ2n) is 6.38. The Bertz CT molecular complexity index is 372. The lowest BCUT2D eigenvalue weighted by Gasteiger charge is -2.25. The summed E-state index contributed by atoms with van der Waals surface area (Å²) in [7, 11) is 0. The van der Waals surface area contributed by atoms with Gasteiger partial charge in [-0.15, -0.1) is 11.6 Å². The van der Waals surface area contributed by atoms with Crippen LogP contribution in [-0.4, -0.2) is 5.88 Å². The maximum absolute atomic E-state index is 6.20. The molecule has 0 spiro atoms. The van der Waals surface area contributed by atoms with Crippen LogP contribution >= 0.6 is 11.6 Å². The predicted molar refractivity (Wildman–Crippen MR) is 77.9 cm³/mol. The minimum Gasteiger partial charge on any atom is -0.126 e. The molecule has 4 atom stereocenters. The average Bonchev–Trinajstić information content (AvgIpc) is 3.01. The van der Waals surface area contributed by atoms with Gasteiger partial charge in [-0.05, 0) is 61.3 Å². The number of hydrogen-bond acceptors (Lipinski definition) is 0. The van der Waals surface area contributed by atoms with Gasteiger partial charge in [0, 0.05) is 5.88 Å². The molecule has 1 aromatic carbocycles. The molecule has 0 aliphatic heterocycles. The smallest absolute Gasteiger partial charge is 0.0255 e. The van der Waals surface area contributed by atoms with E-state index in [2.05, 4.69) is 30.3 Å². The van der Waals surface area contributed by atoms with Gasteiger partial charge >= 0.3 is 0 Å². The summed E-state index contributed by atoms with van der Waals surface area (Å²) in [5, 5.41) is 0. The SMILES string of the molecule is ClCC(Cc1ccccc1)CC1CC2CCC1C2. The first kappa shape index (κ1) is 12.5. The Hall–Kier alpha value is -0.490. The van der Waals surface area contributed by atoms with Crippen molar-refractivity contribution in [2.24, 2.45) is 23.7 Å². The molecule has 0 heterocycles. The molecule has 0 aromatic heterocycles. The van der Waals surface area contributed by atoms with Crippen molar-refractivity contribution in [2.75, 3.05) is 5.88 Å². The van der Waals surface area contributed by atoms with Crippen molar-refractivity contribution in [2.45, 2.75) is 38.5 Å². The third-order valence-electron chi connectivity index (χ3n) is 5.11. The molecule has 3 rings (SSSR count). The van der Waals surface area contributed by atoms with Crippen LogP contribution in [0.1, 0.15) is 37.7 Å². The van der Waals surface area contributed by atoms with Gasteiger partial charge in [0.05, 0.1) is 0 Å². The fraction of sp³-hybridized carbons (Fsp3) is 0.647. The van der Waals surface area contributed by atoms with Gasteiger partial charge in [0.2, 0.25) is 0 Å². The monoisotopic (exact) mass is 262 g/mol. The van der Waals surface area contributed by atoms with Crippen LogP contribution in [0.25, 0.3) is 0 Å². The zero-order valence-corrected chi connectivity index (χ0v) is 11.8. The summed E-state index contributed by atoms with van der Waals surface area (Å²) in [4.78, 5) is 0. The third-order valence-corrected chi connectivity index (χ3v) is 5.54. The fourth-order valence-electron chi connectivity index (χ4n) is 4.24. The van der Waals surface area contributed by atoms with Crippen LogP contribution in [-0.2, 0) is 6.42 Å². The minimum absolute atomic E-state index is 0.679. The number of benzene rings is 1. The summed E-state index contributed by atoms with van der Waals surface area (Å²) >= 11 is 6.20. The standard InChI is InChI=1S/C17H23Cl/c18-12-15(8-13-4-2-1-3-5-13)11-17-10-14-6-7-16(17)9-14/h1-5,14-17H,6-12H2. The molecule has 98 valence electrons. The van der Waals surface area contributed by atoms with Crippen molar-refractivity contribution in [3.8, 4) is 0 Å². The molecule has 2 fully saturated rings. The van der Waals surface area contributed by atoms with Crippen LogP contribution in [0.3, 0.4) is 0 Å². The van der Waals surface area contributed by atoms with E-state index in [0.717, 1.165) is 30.1 Å². The Balaban J connectivity index is 1.56. The lowest BCUT2D eigenvalue weighted by molar-refractivity contribution is 0.276. The minimum atomic E-state index is 0.679. The van der Waals surface area contributed by atoms with E-state index in [4.69, 9.17) is 11.6 Å². The summed E-state index contributed by atoms with van der Waals surface area (Å²) < 4.78 is 0. The van der Waals surface area contributed by atoms with Crippen LogP contribution in [0.5, 0.6) is 0 Å². The molecule has 1 heteroatoms. The molecule has 2 aliphatic rings. The van der Waals surface area contributed by atoms with Crippen molar-refractivity contribution in [3.63, 3.8) is 0 Å². The first-order valence-electron chi connectivity index (χ1n) is 7.45. The zero-order chi connectivity index (χ0) is 12.4. The van der Waals surface area contributed by atoms with E-state index in [-0.39, 0.29) is 0 Å². The predicted octanol–water partition coefficient (Wildman–Crippen LogP) is 4.91. The average molecular weight is 263 g/mol. The summed E-state index contributed by atoms with van der Waals surface area (Å²) in [6, 6.07) is 10.8. The fourth-order valence-corrected chi connectivity index (χ4v) is 4.48. The Kier molecular flexibility index (Phi) is 3.94. The van der Waals surface area contributed by atoms with Gasteiger partial charge in [-0.1, -0.05) is 36.8 Å². The quantitative estimate of drug-likeness (QED) is 0.662. The highest BCUT2D eigenvalue weighted by Crippen LogP contribution is 2.50. The van der Waals surface area contributed by atoms with Gasteiger partial charge in [0.15, 0.2) is 0 Å². The van der Waals surface area contributed by atoms with Gasteiger partial charge in [0.1, 0.15) is 0 Å². The number of hydrogen-bond donors (Lipinski definition) is 0. The van der Waals surface area contributed by atoms with E-state index in [0.29, 0.717) is 5.92 Å². The Morgan fingerprint density at radius 3 is 2.56 bits per heavy atom. The number of rotatable bonds is 5. The second-order valence-corrected chi connectivity index (χ2v) is 6.69. The molecule has 0 amide bonds. The molecule has 2 bridgehead atoms. The molecule has 0 N–H and O–H groups in total. The Labute approximate surface area is 116 Å². The van der Waals surface area contributed by atoms with Crippen LogP contribution in [0, 0.1) is 23.7 Å². The number of alkyl halides is 1. The van der Waals surface area contributed by atoms with E-state index < -0.39 is 0 Å². The van der Waals surface area contributed by atoms with Gasteiger partial charge in [-0.25, -0.2) is 0 Å². The lowest BCUT2D eigenvalue weighted by Crippen LogP contribution is -2.17. The van der Waals surface area contributed by atoms with Crippen LogP contribution < -0.4 is 0 Å². The van der Waals surface area contributed by atoms with Crippen LogP contribution in [0.2, 0.25) is 0 Å². The molecular weight excluding hydrogens is 240 g/mol. The van der Waals surface area contributed by atoms with Crippen molar-refractivity contribution in [1.82, 2.24) is 0 Å². The van der Waals surface area contributed by atoms with E-state index in [1.165, 1.54) is 37.7 Å². The molecule has 0 radical (unpaired) electrons.